The van der Waals surface area contributed by atoms with Crippen LogP contribution in [0.4, 0.5) is 21.9 Å². The maximum Gasteiger partial charge on any atom is 0.319 e. The van der Waals surface area contributed by atoms with Crippen LogP contribution in [0.2, 0.25) is 0 Å². The lowest BCUT2D eigenvalue weighted by Gasteiger charge is -2.14. The summed E-state index contributed by atoms with van der Waals surface area (Å²) >= 11 is 0. The second-order valence-corrected chi connectivity index (χ2v) is 6.11. The molecule has 0 spiro atoms. The zero-order valence-electron chi connectivity index (χ0n) is 14.7. The Hall–Kier alpha value is -3.95. The monoisotopic (exact) mass is 383 g/mol. The Labute approximate surface area is 159 Å². The SMILES string of the molecule is Nc1ccc(NC(=O)NCCCN2C(=O)c3ccc([N+](=O)[O-])cc3C2=O)cc1. The number of hydrogen-bond acceptors (Lipinski definition) is 6. The number of nitrogens with zero attached hydrogens (tertiary/aromatic N) is 2. The molecule has 0 aromatic heterocycles. The average Bonchev–Trinajstić information content (AvgIpc) is 2.91. The number of nitro groups is 1. The molecule has 0 bridgehead atoms. The van der Waals surface area contributed by atoms with E-state index in [2.05, 4.69) is 10.6 Å². The number of rotatable bonds is 6. The normalized spacial score (nSPS) is 12.6. The summed E-state index contributed by atoms with van der Waals surface area (Å²) in [6, 6.07) is 9.78. The van der Waals surface area contributed by atoms with E-state index in [1.807, 2.05) is 0 Å². The molecule has 0 fully saturated rings. The molecule has 10 heteroatoms. The number of urea groups is 1. The van der Waals surface area contributed by atoms with Crippen molar-refractivity contribution in [3.05, 3.63) is 63.7 Å². The van der Waals surface area contributed by atoms with Gasteiger partial charge in [-0.15, -0.1) is 0 Å². The van der Waals surface area contributed by atoms with Crippen LogP contribution in [-0.2, 0) is 0 Å². The Morgan fingerprint density at radius 2 is 1.75 bits per heavy atom. The molecular formula is C18H17N5O5. The third-order valence-corrected chi connectivity index (χ3v) is 4.18. The summed E-state index contributed by atoms with van der Waals surface area (Å²) in [5.74, 6) is -1.07. The number of fused-ring (bicyclic) bond motifs is 1. The van der Waals surface area contributed by atoms with Gasteiger partial charge in [0.2, 0.25) is 0 Å². The van der Waals surface area contributed by atoms with E-state index in [1.165, 1.54) is 12.1 Å². The van der Waals surface area contributed by atoms with Gasteiger partial charge in [0, 0.05) is 36.6 Å². The van der Waals surface area contributed by atoms with Crippen LogP contribution in [0.15, 0.2) is 42.5 Å². The first-order chi connectivity index (χ1) is 13.4. The molecule has 1 aliphatic heterocycles. The van der Waals surface area contributed by atoms with E-state index in [1.54, 1.807) is 24.3 Å². The fraction of sp³-hybridized carbons (Fsp3) is 0.167. The van der Waals surface area contributed by atoms with E-state index in [9.17, 15) is 24.5 Å². The van der Waals surface area contributed by atoms with Crippen molar-refractivity contribution in [2.24, 2.45) is 0 Å². The molecule has 1 heterocycles. The molecule has 0 aliphatic carbocycles. The van der Waals surface area contributed by atoms with Crippen molar-refractivity contribution in [2.45, 2.75) is 6.42 Å². The van der Waals surface area contributed by atoms with Crippen LogP contribution in [0.25, 0.3) is 0 Å². The maximum absolute atomic E-state index is 12.4. The fourth-order valence-electron chi connectivity index (χ4n) is 2.78. The number of nitrogens with one attached hydrogen (secondary N) is 2. The highest BCUT2D eigenvalue weighted by Crippen LogP contribution is 2.26. The molecule has 4 amide bonds. The molecule has 144 valence electrons. The lowest BCUT2D eigenvalue weighted by Crippen LogP contribution is -2.35. The summed E-state index contributed by atoms with van der Waals surface area (Å²) < 4.78 is 0. The number of non-ortho nitro benzene ring substituents is 1. The summed E-state index contributed by atoms with van der Waals surface area (Å²) in [5.41, 5.74) is 6.65. The molecule has 0 unspecified atom stereocenters. The Bertz CT molecular complexity index is 957. The topological polar surface area (TPSA) is 148 Å². The summed E-state index contributed by atoms with van der Waals surface area (Å²) in [5, 5.41) is 16.1. The van der Waals surface area contributed by atoms with Gasteiger partial charge in [0.25, 0.3) is 17.5 Å². The number of anilines is 2. The van der Waals surface area contributed by atoms with Gasteiger partial charge in [0.1, 0.15) is 0 Å². The predicted octanol–water partition coefficient (Wildman–Crippen LogP) is 1.98. The van der Waals surface area contributed by atoms with Gasteiger partial charge in [0.05, 0.1) is 16.1 Å². The van der Waals surface area contributed by atoms with Crippen molar-refractivity contribution in [3.8, 4) is 0 Å². The number of nitro benzene ring substituents is 1. The van der Waals surface area contributed by atoms with Gasteiger partial charge >= 0.3 is 6.03 Å². The molecule has 10 nitrogen and oxygen atoms in total. The second kappa shape index (κ2) is 7.74. The molecule has 0 saturated carbocycles. The number of imide groups is 1. The van der Waals surface area contributed by atoms with E-state index >= 15 is 0 Å². The molecule has 2 aromatic rings. The van der Waals surface area contributed by atoms with Gasteiger partial charge in [-0.05, 0) is 36.8 Å². The summed E-state index contributed by atoms with van der Waals surface area (Å²) in [7, 11) is 0. The van der Waals surface area contributed by atoms with E-state index in [-0.39, 0.29) is 29.9 Å². The zero-order valence-corrected chi connectivity index (χ0v) is 14.7. The van der Waals surface area contributed by atoms with Crippen molar-refractivity contribution < 1.29 is 19.3 Å². The van der Waals surface area contributed by atoms with Gasteiger partial charge in [-0.3, -0.25) is 24.6 Å². The average molecular weight is 383 g/mol. The largest absolute Gasteiger partial charge is 0.399 e. The smallest absolute Gasteiger partial charge is 0.319 e. The third kappa shape index (κ3) is 3.90. The summed E-state index contributed by atoms with van der Waals surface area (Å²) in [4.78, 5) is 47.7. The van der Waals surface area contributed by atoms with Crippen molar-refractivity contribution >= 4 is 34.9 Å². The van der Waals surface area contributed by atoms with Crippen molar-refractivity contribution in [2.75, 3.05) is 24.1 Å². The fourth-order valence-corrected chi connectivity index (χ4v) is 2.78. The second-order valence-electron chi connectivity index (χ2n) is 6.11. The Morgan fingerprint density at radius 3 is 2.43 bits per heavy atom. The molecule has 2 aromatic carbocycles. The Kier molecular flexibility index (Phi) is 5.21. The highest BCUT2D eigenvalue weighted by molar-refractivity contribution is 6.21. The van der Waals surface area contributed by atoms with Crippen LogP contribution in [-0.4, -0.2) is 40.8 Å². The Morgan fingerprint density at radius 1 is 1.07 bits per heavy atom. The maximum atomic E-state index is 12.4. The van der Waals surface area contributed by atoms with Gasteiger partial charge in [-0.25, -0.2) is 4.79 Å². The Balaban J connectivity index is 1.50. The minimum atomic E-state index is -0.621. The lowest BCUT2D eigenvalue weighted by molar-refractivity contribution is -0.384. The predicted molar refractivity (Wildman–Crippen MR) is 101 cm³/mol. The number of nitrogen functional groups attached to an aromatic ring is 1. The quantitative estimate of drug-likeness (QED) is 0.228. The van der Waals surface area contributed by atoms with Crippen LogP contribution in [0.3, 0.4) is 0 Å². The minimum absolute atomic E-state index is 0.0215. The van der Waals surface area contributed by atoms with Gasteiger partial charge in [0.15, 0.2) is 0 Å². The van der Waals surface area contributed by atoms with E-state index in [0.29, 0.717) is 17.8 Å². The molecule has 1 aliphatic rings. The standard InChI is InChI=1S/C18H17N5O5/c19-11-2-4-12(5-3-11)21-18(26)20-8-1-9-22-16(24)14-7-6-13(23(27)28)10-15(14)17(22)25/h2-7,10H,1,8-9,19H2,(H2,20,21,26). The zero-order chi connectivity index (χ0) is 20.3. The number of amides is 4. The molecule has 3 rings (SSSR count). The lowest BCUT2D eigenvalue weighted by atomic mass is 10.1. The molecule has 0 saturated heterocycles. The first-order valence-electron chi connectivity index (χ1n) is 8.42. The highest BCUT2D eigenvalue weighted by atomic mass is 16.6. The number of nitrogens with two attached hydrogens (primary N) is 1. The van der Waals surface area contributed by atoms with Crippen LogP contribution >= 0.6 is 0 Å². The van der Waals surface area contributed by atoms with Crippen molar-refractivity contribution in [3.63, 3.8) is 0 Å². The number of benzene rings is 2. The highest BCUT2D eigenvalue weighted by Gasteiger charge is 2.36. The van der Waals surface area contributed by atoms with Gasteiger partial charge in [-0.2, -0.15) is 0 Å². The summed E-state index contributed by atoms with van der Waals surface area (Å²) in [6.45, 7) is 0.316. The minimum Gasteiger partial charge on any atom is -0.399 e. The van der Waals surface area contributed by atoms with E-state index in [4.69, 9.17) is 5.73 Å². The van der Waals surface area contributed by atoms with Crippen molar-refractivity contribution in [1.82, 2.24) is 10.2 Å². The van der Waals surface area contributed by atoms with Crippen LogP contribution in [0.5, 0.6) is 0 Å². The molecule has 0 radical (unpaired) electrons. The van der Waals surface area contributed by atoms with Gasteiger partial charge in [-0.1, -0.05) is 0 Å². The number of carbonyl (C=O) groups excluding carboxylic acids is 3. The van der Waals surface area contributed by atoms with Crippen molar-refractivity contribution in [1.29, 1.82) is 0 Å². The van der Waals surface area contributed by atoms with Gasteiger partial charge < -0.3 is 16.4 Å². The third-order valence-electron chi connectivity index (χ3n) is 4.18. The van der Waals surface area contributed by atoms with E-state index in [0.717, 1.165) is 11.0 Å². The molecule has 4 N–H and O–H groups in total. The van der Waals surface area contributed by atoms with E-state index < -0.39 is 22.8 Å². The molecular weight excluding hydrogens is 366 g/mol. The van der Waals surface area contributed by atoms with Crippen LogP contribution in [0.1, 0.15) is 27.1 Å². The first-order valence-corrected chi connectivity index (χ1v) is 8.42. The molecule has 28 heavy (non-hydrogen) atoms. The number of hydrogen-bond donors (Lipinski definition) is 3. The molecule has 0 atom stereocenters. The first kappa shape index (κ1) is 18.8. The number of carbonyl (C=O) groups is 3. The van der Waals surface area contributed by atoms with Crippen LogP contribution < -0.4 is 16.4 Å². The van der Waals surface area contributed by atoms with Crippen LogP contribution in [0, 0.1) is 10.1 Å². The summed E-state index contributed by atoms with van der Waals surface area (Å²) in [6.07, 6.45) is 0.336.